The van der Waals surface area contributed by atoms with Crippen molar-refractivity contribution in [2.24, 2.45) is 0 Å². The number of hydrogen-bond acceptors (Lipinski definition) is 1. The first kappa shape index (κ1) is 22.7. The topological polar surface area (TPSA) is 17.1 Å². The van der Waals surface area contributed by atoms with Crippen molar-refractivity contribution in [1.29, 1.82) is 0 Å². The summed E-state index contributed by atoms with van der Waals surface area (Å²) < 4.78 is 16.7. The molecule has 0 atom stereocenters. The number of unbranched alkanes of at least 4 members (excludes halogenated alkanes) is 4. The van der Waals surface area contributed by atoms with Gasteiger partial charge in [0, 0.05) is 0 Å². The molecule has 0 spiro atoms. The molecular weight excluding hydrogens is 446 g/mol. The van der Waals surface area contributed by atoms with E-state index in [1.807, 2.05) is 0 Å². The summed E-state index contributed by atoms with van der Waals surface area (Å²) >= 11 is -1.84. The second-order valence-corrected chi connectivity index (χ2v) is 15.4. The molecule has 1 nitrogen and oxygen atoms in total. The Hall–Kier alpha value is 1.40. The molecule has 19 heavy (non-hydrogen) atoms. The van der Waals surface area contributed by atoms with E-state index in [9.17, 15) is 3.08 Å². The van der Waals surface area contributed by atoms with Gasteiger partial charge in [-0.3, -0.25) is 0 Å². The number of hydrogen-bond donors (Lipinski definition) is 0. The molecule has 114 valence electrons. The summed E-state index contributed by atoms with van der Waals surface area (Å²) in [5.74, 6) is 0. The molecule has 0 aromatic heterocycles. The molecular formula is C16H36OSn2. The van der Waals surface area contributed by atoms with Gasteiger partial charge in [-0.05, 0) is 0 Å². The van der Waals surface area contributed by atoms with Gasteiger partial charge in [0.15, 0.2) is 0 Å². The molecule has 0 amide bonds. The van der Waals surface area contributed by atoms with Gasteiger partial charge in [-0.15, -0.1) is 0 Å². The van der Waals surface area contributed by atoms with Gasteiger partial charge in [0.2, 0.25) is 0 Å². The van der Waals surface area contributed by atoms with Crippen molar-refractivity contribution in [3.63, 3.8) is 0 Å². The molecule has 0 heterocycles. The van der Waals surface area contributed by atoms with E-state index in [-0.39, 0.29) is 21.1 Å². The van der Waals surface area contributed by atoms with Crippen molar-refractivity contribution in [3.8, 4) is 0 Å². The first-order valence-corrected chi connectivity index (χ1v) is 17.7. The van der Waals surface area contributed by atoms with Gasteiger partial charge in [-0.2, -0.15) is 0 Å². The van der Waals surface area contributed by atoms with Gasteiger partial charge < -0.3 is 0 Å². The van der Waals surface area contributed by atoms with Crippen LogP contribution in [0, 0.1) is 0 Å². The number of rotatable bonds is 12. The average Bonchev–Trinajstić information content (AvgIpc) is 2.43. The van der Waals surface area contributed by atoms with Crippen molar-refractivity contribution in [2.75, 3.05) is 0 Å². The van der Waals surface area contributed by atoms with Crippen LogP contribution in [0.1, 0.15) is 79.1 Å². The van der Waals surface area contributed by atoms with Crippen LogP contribution in [0.3, 0.4) is 0 Å². The predicted octanol–water partition coefficient (Wildman–Crippen LogP) is 6.14. The van der Waals surface area contributed by atoms with Gasteiger partial charge >= 0.3 is 141 Å². The molecule has 0 fully saturated rings. The van der Waals surface area contributed by atoms with E-state index in [2.05, 4.69) is 27.7 Å². The molecule has 0 unspecified atom stereocenters. The Morgan fingerprint density at radius 2 is 1.05 bits per heavy atom. The third-order valence-electron chi connectivity index (χ3n) is 3.03. The first-order valence-electron chi connectivity index (χ1n) is 8.45. The monoisotopic (exact) mass is 484 g/mol. The molecule has 0 aromatic rings. The van der Waals surface area contributed by atoms with Crippen LogP contribution in [-0.2, 0) is 3.08 Å². The van der Waals surface area contributed by atoms with Crippen molar-refractivity contribution in [2.45, 2.75) is 96.8 Å². The van der Waals surface area contributed by atoms with Gasteiger partial charge in [0.05, 0.1) is 0 Å². The van der Waals surface area contributed by atoms with Crippen molar-refractivity contribution in [1.82, 2.24) is 0 Å². The van der Waals surface area contributed by atoms with E-state index in [1.165, 1.54) is 51.4 Å². The molecule has 0 aliphatic rings. The Morgan fingerprint density at radius 3 is 1.37 bits per heavy atom. The maximum absolute atomic E-state index is 11.2. The van der Waals surface area contributed by atoms with Crippen LogP contribution >= 0.6 is 0 Å². The molecule has 0 rings (SSSR count). The molecule has 0 N–H and O–H groups in total. The van der Waals surface area contributed by atoms with E-state index >= 15 is 0 Å². The molecule has 0 aliphatic carbocycles. The minimum atomic E-state index is -1.99. The zero-order chi connectivity index (χ0) is 14.8. The fraction of sp³-hybridized carbons (Fsp3) is 1.00. The standard InChI is InChI=1S/4C4H9.O.2Sn/c4*1-3-4-2;;;/h4*1,3-4H2,2H3;;;. The van der Waals surface area contributed by atoms with Gasteiger partial charge in [-0.25, -0.2) is 0 Å². The first-order chi connectivity index (χ1) is 9.22. The van der Waals surface area contributed by atoms with Crippen LogP contribution in [0.15, 0.2) is 0 Å². The third-order valence-corrected chi connectivity index (χ3v) is 12.3. The molecule has 0 bridgehead atoms. The normalized spacial score (nSPS) is 9.89. The van der Waals surface area contributed by atoms with Gasteiger partial charge in [-0.1, -0.05) is 0 Å². The predicted molar refractivity (Wildman–Crippen MR) is 91.1 cm³/mol. The van der Waals surface area contributed by atoms with E-state index in [4.69, 9.17) is 0 Å². The van der Waals surface area contributed by atoms with Gasteiger partial charge in [0.25, 0.3) is 0 Å². The summed E-state index contributed by atoms with van der Waals surface area (Å²) in [5.41, 5.74) is 0. The van der Waals surface area contributed by atoms with E-state index in [0.717, 1.165) is 8.87 Å². The summed E-state index contributed by atoms with van der Waals surface area (Å²) in [5, 5.41) is 0. The molecule has 0 saturated heterocycles. The Kier molecular flexibility index (Phi) is 25.9. The SMILES string of the molecule is CCC[CH2][Sn](=[O])[CH2]CCC.CCC[CH2][Sn][CH2]CCC. The summed E-state index contributed by atoms with van der Waals surface area (Å²) in [4.78, 5) is 0. The van der Waals surface area contributed by atoms with E-state index in [0.29, 0.717) is 0 Å². The Morgan fingerprint density at radius 1 is 0.684 bits per heavy atom. The van der Waals surface area contributed by atoms with E-state index in [1.54, 1.807) is 8.87 Å². The molecule has 3 heteroatoms. The van der Waals surface area contributed by atoms with Crippen LogP contribution in [-0.4, -0.2) is 40.9 Å². The van der Waals surface area contributed by atoms with Crippen LogP contribution in [0.5, 0.6) is 0 Å². The zero-order valence-electron chi connectivity index (χ0n) is 13.9. The maximum atomic E-state index is 11.2. The molecule has 0 aliphatic heterocycles. The molecule has 2 radical (unpaired) electrons. The second kappa shape index (κ2) is 21.7. The second-order valence-electron chi connectivity index (χ2n) is 5.20. The van der Waals surface area contributed by atoms with E-state index < -0.39 is 19.7 Å². The summed E-state index contributed by atoms with van der Waals surface area (Å²) in [6.07, 6.45) is 10.6. The van der Waals surface area contributed by atoms with Crippen LogP contribution in [0.25, 0.3) is 0 Å². The average molecular weight is 482 g/mol. The fourth-order valence-electron chi connectivity index (χ4n) is 1.60. The Labute approximate surface area is 140 Å². The summed E-state index contributed by atoms with van der Waals surface area (Å²) in [7, 11) is 0. The zero-order valence-corrected chi connectivity index (χ0v) is 19.6. The quantitative estimate of drug-likeness (QED) is 0.242. The van der Waals surface area contributed by atoms with Gasteiger partial charge in [0.1, 0.15) is 0 Å². The minimum absolute atomic E-state index is 0.149. The molecule has 0 aromatic carbocycles. The fourth-order valence-corrected chi connectivity index (χ4v) is 10.7. The molecule has 0 saturated carbocycles. The Bertz CT molecular complexity index is 156. The van der Waals surface area contributed by atoms with Crippen LogP contribution in [0.4, 0.5) is 0 Å². The van der Waals surface area contributed by atoms with Crippen LogP contribution in [0.2, 0.25) is 17.7 Å². The Balaban J connectivity index is 0. The third kappa shape index (κ3) is 24.8. The van der Waals surface area contributed by atoms with Crippen molar-refractivity contribution < 1.29 is 3.08 Å². The summed E-state index contributed by atoms with van der Waals surface area (Å²) in [6, 6.07) is 0. The van der Waals surface area contributed by atoms with Crippen LogP contribution < -0.4 is 0 Å². The summed E-state index contributed by atoms with van der Waals surface area (Å²) in [6.45, 7) is 8.91. The van der Waals surface area contributed by atoms with Crippen molar-refractivity contribution >= 4 is 40.9 Å². The van der Waals surface area contributed by atoms with Crippen molar-refractivity contribution in [3.05, 3.63) is 0 Å².